The lowest BCUT2D eigenvalue weighted by Crippen LogP contribution is -2.30. The second-order valence-electron chi connectivity index (χ2n) is 18.2. The first-order chi connectivity index (χ1) is 32.0. The number of carbonyl (C=O) groups is 3. The van der Waals surface area contributed by atoms with E-state index in [1.807, 2.05) is 0 Å². The SMILES string of the molecule is CC/C=C\C/C=C\CCCCCCCCCC(=O)OCC(COC(=O)CCCCCCC\C=C/C=C\C=C/C=C\CCCCC)OC(=O)CCCCCCCCCCCCCCCCC. The van der Waals surface area contributed by atoms with Crippen molar-refractivity contribution >= 4 is 17.9 Å². The molecule has 0 spiro atoms. The summed E-state index contributed by atoms with van der Waals surface area (Å²) in [5.41, 5.74) is 0. The van der Waals surface area contributed by atoms with E-state index in [9.17, 15) is 14.4 Å². The second-order valence-corrected chi connectivity index (χ2v) is 18.2. The Balaban J connectivity index is 4.42. The van der Waals surface area contributed by atoms with Gasteiger partial charge in [0.2, 0.25) is 0 Å². The minimum Gasteiger partial charge on any atom is -0.462 e. The fraction of sp³-hybridized carbons (Fsp3) is 0.746. The zero-order valence-corrected chi connectivity index (χ0v) is 42.7. The second kappa shape index (κ2) is 53.5. The summed E-state index contributed by atoms with van der Waals surface area (Å²) in [4.78, 5) is 38.1. The van der Waals surface area contributed by atoms with Crippen molar-refractivity contribution in [1.82, 2.24) is 0 Å². The van der Waals surface area contributed by atoms with Crippen molar-refractivity contribution in [2.45, 2.75) is 271 Å². The van der Waals surface area contributed by atoms with Crippen LogP contribution in [-0.4, -0.2) is 37.2 Å². The number of ether oxygens (including phenoxy) is 3. The number of hydrogen-bond acceptors (Lipinski definition) is 6. The van der Waals surface area contributed by atoms with Gasteiger partial charge in [-0.3, -0.25) is 14.4 Å². The van der Waals surface area contributed by atoms with Gasteiger partial charge < -0.3 is 14.2 Å². The molecule has 0 aliphatic carbocycles. The molecule has 0 aromatic rings. The van der Waals surface area contributed by atoms with Crippen LogP contribution < -0.4 is 0 Å². The molecule has 65 heavy (non-hydrogen) atoms. The molecule has 0 radical (unpaired) electrons. The molecule has 0 aromatic carbocycles. The minimum atomic E-state index is -0.787. The highest BCUT2D eigenvalue weighted by Crippen LogP contribution is 2.16. The fourth-order valence-corrected chi connectivity index (χ4v) is 7.67. The predicted octanol–water partition coefficient (Wildman–Crippen LogP) is 18.2. The molecule has 0 N–H and O–H groups in total. The average Bonchev–Trinajstić information content (AvgIpc) is 3.30. The van der Waals surface area contributed by atoms with Crippen molar-refractivity contribution in [3.63, 3.8) is 0 Å². The lowest BCUT2D eigenvalue weighted by molar-refractivity contribution is -0.167. The maximum absolute atomic E-state index is 12.8. The maximum Gasteiger partial charge on any atom is 0.306 e. The molecular weight excluding hydrogens is 805 g/mol. The Hall–Kier alpha value is -3.15. The number of rotatable bonds is 49. The molecule has 0 bridgehead atoms. The van der Waals surface area contributed by atoms with Gasteiger partial charge in [0.15, 0.2) is 6.10 Å². The maximum atomic E-state index is 12.8. The molecule has 0 aliphatic rings. The monoisotopic (exact) mass is 907 g/mol. The lowest BCUT2D eigenvalue weighted by Gasteiger charge is -2.18. The Labute approximate surface area is 402 Å². The zero-order valence-electron chi connectivity index (χ0n) is 42.7. The zero-order chi connectivity index (χ0) is 47.2. The van der Waals surface area contributed by atoms with Crippen molar-refractivity contribution in [3.8, 4) is 0 Å². The molecular formula is C59H102O6. The van der Waals surface area contributed by atoms with Crippen molar-refractivity contribution in [2.24, 2.45) is 0 Å². The van der Waals surface area contributed by atoms with Crippen LogP contribution >= 0.6 is 0 Å². The number of hydrogen-bond donors (Lipinski definition) is 0. The predicted molar refractivity (Wildman–Crippen MR) is 279 cm³/mol. The number of allylic oxidation sites excluding steroid dienone is 12. The van der Waals surface area contributed by atoms with Crippen LogP contribution in [0.4, 0.5) is 0 Å². The minimum absolute atomic E-state index is 0.0858. The highest BCUT2D eigenvalue weighted by molar-refractivity contribution is 5.71. The van der Waals surface area contributed by atoms with E-state index in [1.54, 1.807) is 0 Å². The van der Waals surface area contributed by atoms with E-state index >= 15 is 0 Å². The molecule has 374 valence electrons. The average molecular weight is 907 g/mol. The van der Waals surface area contributed by atoms with Gasteiger partial charge >= 0.3 is 17.9 Å². The Morgan fingerprint density at radius 1 is 0.338 bits per heavy atom. The van der Waals surface area contributed by atoms with E-state index in [0.717, 1.165) is 103 Å². The molecule has 0 amide bonds. The molecule has 1 atom stereocenters. The molecule has 0 aliphatic heterocycles. The molecule has 0 rings (SSSR count). The Kier molecular flexibility index (Phi) is 50.9. The van der Waals surface area contributed by atoms with Crippen LogP contribution in [0.3, 0.4) is 0 Å². The first-order valence-corrected chi connectivity index (χ1v) is 27.5. The van der Waals surface area contributed by atoms with Crippen LogP contribution in [0.1, 0.15) is 265 Å². The molecule has 0 heterocycles. The number of carbonyl (C=O) groups excluding carboxylic acids is 3. The van der Waals surface area contributed by atoms with E-state index in [0.29, 0.717) is 19.3 Å². The molecule has 6 nitrogen and oxygen atoms in total. The molecule has 0 aromatic heterocycles. The third kappa shape index (κ3) is 51.7. The number of esters is 3. The van der Waals surface area contributed by atoms with Gasteiger partial charge in [0.05, 0.1) is 0 Å². The summed E-state index contributed by atoms with van der Waals surface area (Å²) in [5, 5.41) is 0. The Bertz CT molecular complexity index is 1230. The van der Waals surface area contributed by atoms with E-state index in [2.05, 4.69) is 93.7 Å². The van der Waals surface area contributed by atoms with Crippen LogP contribution in [-0.2, 0) is 28.6 Å². The largest absolute Gasteiger partial charge is 0.462 e. The van der Waals surface area contributed by atoms with Gasteiger partial charge in [-0.15, -0.1) is 0 Å². The molecule has 0 fully saturated rings. The topological polar surface area (TPSA) is 78.9 Å². The van der Waals surface area contributed by atoms with E-state index in [1.165, 1.54) is 122 Å². The summed E-state index contributed by atoms with van der Waals surface area (Å²) >= 11 is 0. The highest BCUT2D eigenvalue weighted by atomic mass is 16.6. The van der Waals surface area contributed by atoms with Crippen LogP contribution in [0.15, 0.2) is 72.9 Å². The van der Waals surface area contributed by atoms with Crippen molar-refractivity contribution in [2.75, 3.05) is 13.2 Å². The van der Waals surface area contributed by atoms with Crippen molar-refractivity contribution in [3.05, 3.63) is 72.9 Å². The van der Waals surface area contributed by atoms with Crippen molar-refractivity contribution < 1.29 is 28.6 Å². The van der Waals surface area contributed by atoms with E-state index < -0.39 is 6.10 Å². The highest BCUT2D eigenvalue weighted by Gasteiger charge is 2.19. The fourth-order valence-electron chi connectivity index (χ4n) is 7.67. The van der Waals surface area contributed by atoms with Gasteiger partial charge in [0.1, 0.15) is 13.2 Å². The van der Waals surface area contributed by atoms with E-state index in [-0.39, 0.29) is 31.1 Å². The third-order valence-electron chi connectivity index (χ3n) is 11.8. The van der Waals surface area contributed by atoms with Crippen LogP contribution in [0.2, 0.25) is 0 Å². The Morgan fingerprint density at radius 2 is 0.662 bits per heavy atom. The molecule has 1 unspecified atom stereocenters. The Morgan fingerprint density at radius 3 is 1.09 bits per heavy atom. The van der Waals surface area contributed by atoms with E-state index in [4.69, 9.17) is 14.2 Å². The normalized spacial score (nSPS) is 12.6. The molecule has 0 saturated heterocycles. The quantitative estimate of drug-likeness (QED) is 0.0199. The summed E-state index contributed by atoms with van der Waals surface area (Å²) in [6, 6.07) is 0. The van der Waals surface area contributed by atoms with Gasteiger partial charge in [-0.05, 0) is 70.6 Å². The molecule has 0 saturated carbocycles. The molecule has 6 heteroatoms. The summed E-state index contributed by atoms with van der Waals surface area (Å²) in [7, 11) is 0. The van der Waals surface area contributed by atoms with Gasteiger partial charge in [-0.2, -0.15) is 0 Å². The third-order valence-corrected chi connectivity index (χ3v) is 11.8. The summed E-state index contributed by atoms with van der Waals surface area (Å²) in [6.45, 7) is 6.49. The van der Waals surface area contributed by atoms with Gasteiger partial charge in [0.25, 0.3) is 0 Å². The van der Waals surface area contributed by atoms with Crippen LogP contribution in [0.5, 0.6) is 0 Å². The number of unbranched alkanes of at least 4 members (excludes halogenated alkanes) is 29. The van der Waals surface area contributed by atoms with Gasteiger partial charge in [-0.25, -0.2) is 0 Å². The van der Waals surface area contributed by atoms with Crippen LogP contribution in [0.25, 0.3) is 0 Å². The smallest absolute Gasteiger partial charge is 0.306 e. The first kappa shape index (κ1) is 61.9. The summed E-state index contributed by atoms with van der Waals surface area (Å²) in [5.74, 6) is -0.909. The van der Waals surface area contributed by atoms with Crippen molar-refractivity contribution in [1.29, 1.82) is 0 Å². The van der Waals surface area contributed by atoms with Gasteiger partial charge in [0, 0.05) is 19.3 Å². The summed E-state index contributed by atoms with van der Waals surface area (Å²) < 4.78 is 16.8. The first-order valence-electron chi connectivity index (χ1n) is 27.5. The lowest BCUT2D eigenvalue weighted by atomic mass is 10.0. The summed E-state index contributed by atoms with van der Waals surface area (Å²) in [6.07, 6.45) is 67.4. The van der Waals surface area contributed by atoms with Crippen LogP contribution in [0, 0.1) is 0 Å². The van der Waals surface area contributed by atoms with Gasteiger partial charge in [-0.1, -0.05) is 248 Å². The standard InChI is InChI=1S/C59H102O6/c1-4-7-10-13-16-19-22-25-28-29-30-32-34-37-40-43-46-49-52-58(61)64-55-56(54-63-57(60)51-48-45-42-39-36-33-27-24-21-18-15-12-9-6-3)65-59(62)53-50-47-44-41-38-35-31-26-23-20-17-14-11-8-5-2/h9,12,16,18-19,21-22,25,28-30,32,56H,4-8,10-11,13-15,17,20,23-24,26-27,31,33-55H2,1-3H3/b12-9-,19-16-,21-18-,25-22-,29-28-,32-30-.